The molecule has 0 radical (unpaired) electrons. The molecule has 0 heterocycles. The van der Waals surface area contributed by atoms with Gasteiger partial charge >= 0.3 is 0 Å². The zero-order valence-corrected chi connectivity index (χ0v) is 12.9. The van der Waals surface area contributed by atoms with Crippen LogP contribution in [0.2, 0.25) is 0 Å². The Bertz CT molecular complexity index is 489. The molecule has 0 aliphatic heterocycles. The molecule has 0 aliphatic carbocycles. The summed E-state index contributed by atoms with van der Waals surface area (Å²) in [5, 5.41) is 17.6. The number of hydrogen-bond donors (Lipinski definition) is 3. The van der Waals surface area contributed by atoms with Crippen LogP contribution in [-0.4, -0.2) is 36.2 Å². The molecule has 0 bridgehead atoms. The van der Waals surface area contributed by atoms with Crippen LogP contribution in [0, 0.1) is 6.92 Å². The molecule has 3 N–H and O–H groups in total. The number of aromatic hydroxyl groups is 1. The molecule has 0 unspecified atom stereocenters. The average molecular weight is 295 g/mol. The minimum Gasteiger partial charge on any atom is -0.507 e. The van der Waals surface area contributed by atoms with Gasteiger partial charge in [0.1, 0.15) is 5.75 Å². The van der Waals surface area contributed by atoms with Gasteiger partial charge in [-0.2, -0.15) is 5.10 Å². The third kappa shape index (κ3) is 5.14. The zero-order valence-electron chi connectivity index (χ0n) is 12.1. The SMILES string of the molecule is CC/C(=N\NC(=S)NCCOC)c1cc(C)ccc1O. The summed E-state index contributed by atoms with van der Waals surface area (Å²) in [7, 11) is 1.63. The van der Waals surface area contributed by atoms with Crippen molar-refractivity contribution in [3.05, 3.63) is 29.3 Å². The lowest BCUT2D eigenvalue weighted by Gasteiger charge is -2.10. The zero-order chi connectivity index (χ0) is 15.0. The van der Waals surface area contributed by atoms with Gasteiger partial charge in [-0.25, -0.2) is 0 Å². The number of phenolic OH excluding ortho intramolecular Hbond substituents is 1. The Kier molecular flexibility index (Phi) is 6.97. The molecule has 1 aromatic carbocycles. The van der Waals surface area contributed by atoms with Crippen molar-refractivity contribution >= 4 is 23.0 Å². The Hall–Kier alpha value is -1.66. The van der Waals surface area contributed by atoms with E-state index in [1.807, 2.05) is 26.0 Å². The molecule has 0 fully saturated rings. The van der Waals surface area contributed by atoms with E-state index in [9.17, 15) is 5.11 Å². The molecular weight excluding hydrogens is 274 g/mol. The maximum atomic E-state index is 9.90. The molecular formula is C14H21N3O2S. The van der Waals surface area contributed by atoms with Gasteiger partial charge in [0.05, 0.1) is 12.3 Å². The first-order valence-corrected chi connectivity index (χ1v) is 6.88. The van der Waals surface area contributed by atoms with Gasteiger partial charge in [-0.1, -0.05) is 18.6 Å². The summed E-state index contributed by atoms with van der Waals surface area (Å²) in [4.78, 5) is 0. The van der Waals surface area contributed by atoms with Crippen LogP contribution < -0.4 is 10.7 Å². The Labute approximate surface area is 125 Å². The van der Waals surface area contributed by atoms with Crippen molar-refractivity contribution in [3.63, 3.8) is 0 Å². The molecule has 0 aliphatic rings. The van der Waals surface area contributed by atoms with E-state index in [4.69, 9.17) is 17.0 Å². The number of phenols is 1. The molecule has 0 amide bonds. The van der Waals surface area contributed by atoms with Gasteiger partial charge < -0.3 is 15.2 Å². The lowest BCUT2D eigenvalue weighted by Crippen LogP contribution is -2.34. The monoisotopic (exact) mass is 295 g/mol. The van der Waals surface area contributed by atoms with Gasteiger partial charge in [-0.3, -0.25) is 5.43 Å². The molecule has 1 rings (SSSR count). The largest absolute Gasteiger partial charge is 0.507 e. The molecule has 1 aromatic rings. The predicted molar refractivity (Wildman–Crippen MR) is 85.3 cm³/mol. The van der Waals surface area contributed by atoms with Crippen LogP contribution in [0.5, 0.6) is 5.75 Å². The van der Waals surface area contributed by atoms with Gasteiger partial charge in [0.15, 0.2) is 5.11 Å². The molecule has 0 spiro atoms. The smallest absolute Gasteiger partial charge is 0.187 e. The highest BCUT2D eigenvalue weighted by molar-refractivity contribution is 7.80. The summed E-state index contributed by atoms with van der Waals surface area (Å²) in [5.74, 6) is 0.219. The van der Waals surface area contributed by atoms with Crippen molar-refractivity contribution < 1.29 is 9.84 Å². The normalized spacial score (nSPS) is 11.2. The molecule has 6 heteroatoms. The number of ether oxygens (including phenoxy) is 1. The van der Waals surface area contributed by atoms with Crippen molar-refractivity contribution in [2.45, 2.75) is 20.3 Å². The van der Waals surface area contributed by atoms with Crippen LogP contribution in [-0.2, 0) is 4.74 Å². The maximum Gasteiger partial charge on any atom is 0.187 e. The van der Waals surface area contributed by atoms with Crippen molar-refractivity contribution in [2.24, 2.45) is 5.10 Å². The van der Waals surface area contributed by atoms with E-state index in [1.54, 1.807) is 13.2 Å². The van der Waals surface area contributed by atoms with Crippen LogP contribution in [0.25, 0.3) is 0 Å². The summed E-state index contributed by atoms with van der Waals surface area (Å²) in [5.41, 5.74) is 5.32. The molecule has 110 valence electrons. The highest BCUT2D eigenvalue weighted by Crippen LogP contribution is 2.20. The average Bonchev–Trinajstić information content (AvgIpc) is 2.43. The van der Waals surface area contributed by atoms with Crippen LogP contribution in [0.4, 0.5) is 0 Å². The van der Waals surface area contributed by atoms with E-state index >= 15 is 0 Å². The topological polar surface area (TPSA) is 65.9 Å². The fraction of sp³-hybridized carbons (Fsp3) is 0.429. The van der Waals surface area contributed by atoms with Crippen LogP contribution in [0.3, 0.4) is 0 Å². The van der Waals surface area contributed by atoms with E-state index in [0.717, 1.165) is 16.8 Å². The summed E-state index contributed by atoms with van der Waals surface area (Å²) >= 11 is 5.09. The van der Waals surface area contributed by atoms with Gasteiger partial charge in [0.25, 0.3) is 0 Å². The van der Waals surface area contributed by atoms with Gasteiger partial charge in [-0.15, -0.1) is 0 Å². The Balaban J connectivity index is 2.72. The molecule has 0 aromatic heterocycles. The van der Waals surface area contributed by atoms with E-state index in [-0.39, 0.29) is 5.75 Å². The Morgan fingerprint density at radius 2 is 2.20 bits per heavy atom. The number of methoxy groups -OCH3 is 1. The minimum absolute atomic E-state index is 0.219. The second-order valence-corrected chi connectivity index (χ2v) is 4.70. The number of rotatable bonds is 6. The number of hydrogen-bond acceptors (Lipinski definition) is 4. The molecule has 0 saturated heterocycles. The number of hydrazone groups is 1. The number of nitrogens with one attached hydrogen (secondary N) is 2. The van der Waals surface area contributed by atoms with E-state index < -0.39 is 0 Å². The Morgan fingerprint density at radius 1 is 1.45 bits per heavy atom. The number of benzene rings is 1. The molecule has 20 heavy (non-hydrogen) atoms. The molecule has 0 atom stereocenters. The Morgan fingerprint density at radius 3 is 2.85 bits per heavy atom. The van der Waals surface area contributed by atoms with E-state index in [2.05, 4.69) is 15.8 Å². The molecule has 0 saturated carbocycles. The summed E-state index contributed by atoms with van der Waals surface area (Å²) < 4.78 is 4.92. The number of nitrogens with zero attached hydrogens (tertiary/aromatic N) is 1. The second-order valence-electron chi connectivity index (χ2n) is 4.29. The third-order valence-electron chi connectivity index (χ3n) is 2.68. The van der Waals surface area contributed by atoms with E-state index in [1.165, 1.54) is 0 Å². The van der Waals surface area contributed by atoms with Crippen molar-refractivity contribution in [3.8, 4) is 5.75 Å². The van der Waals surface area contributed by atoms with Crippen LogP contribution in [0.15, 0.2) is 23.3 Å². The first-order valence-electron chi connectivity index (χ1n) is 6.47. The van der Waals surface area contributed by atoms with Crippen molar-refractivity contribution in [2.75, 3.05) is 20.3 Å². The highest BCUT2D eigenvalue weighted by Gasteiger charge is 2.08. The number of aryl methyl sites for hydroxylation is 1. The lowest BCUT2D eigenvalue weighted by atomic mass is 10.0. The first kappa shape index (κ1) is 16.4. The van der Waals surface area contributed by atoms with Crippen LogP contribution in [0.1, 0.15) is 24.5 Å². The lowest BCUT2D eigenvalue weighted by molar-refractivity contribution is 0.204. The fourth-order valence-electron chi connectivity index (χ4n) is 1.64. The predicted octanol–water partition coefficient (Wildman–Crippen LogP) is 1.93. The second kappa shape index (κ2) is 8.50. The maximum absolute atomic E-state index is 9.90. The number of thiocarbonyl (C=S) groups is 1. The van der Waals surface area contributed by atoms with Gasteiger partial charge in [0, 0.05) is 19.2 Å². The van der Waals surface area contributed by atoms with Crippen molar-refractivity contribution in [1.29, 1.82) is 0 Å². The quantitative estimate of drug-likeness (QED) is 0.324. The summed E-state index contributed by atoms with van der Waals surface area (Å²) in [6.07, 6.45) is 0.685. The van der Waals surface area contributed by atoms with Crippen LogP contribution >= 0.6 is 12.2 Å². The van der Waals surface area contributed by atoms with Gasteiger partial charge in [0.2, 0.25) is 0 Å². The fourth-order valence-corrected chi connectivity index (χ4v) is 1.78. The summed E-state index contributed by atoms with van der Waals surface area (Å²) in [6.45, 7) is 5.14. The van der Waals surface area contributed by atoms with E-state index in [0.29, 0.717) is 24.7 Å². The van der Waals surface area contributed by atoms with Crippen molar-refractivity contribution in [1.82, 2.24) is 10.7 Å². The highest BCUT2D eigenvalue weighted by atomic mass is 32.1. The minimum atomic E-state index is 0.219. The standard InChI is InChI=1S/C14H21N3O2S/c1-4-12(11-9-10(2)5-6-13(11)18)16-17-14(20)15-7-8-19-3/h5-6,9,18H,4,7-8H2,1-3H3,(H2,15,17,20)/b16-12+. The third-order valence-corrected chi connectivity index (χ3v) is 2.92. The molecule has 5 nitrogen and oxygen atoms in total. The summed E-state index contributed by atoms with van der Waals surface area (Å²) in [6, 6.07) is 5.43. The first-order chi connectivity index (χ1) is 9.58. The van der Waals surface area contributed by atoms with Gasteiger partial charge in [-0.05, 0) is 37.7 Å².